The van der Waals surface area contributed by atoms with Gasteiger partial charge in [0.15, 0.2) is 5.82 Å². The fraction of sp³-hybridized carbons (Fsp3) is 0.800. The second-order valence-electron chi connectivity index (χ2n) is 7.34. The number of amides is 1. The van der Waals surface area contributed by atoms with Gasteiger partial charge in [-0.25, -0.2) is 4.79 Å². The maximum absolute atomic E-state index is 12.0. The molecule has 0 saturated heterocycles. The first-order valence-electron chi connectivity index (χ1n) is 7.64. The van der Waals surface area contributed by atoms with Crippen LogP contribution in [0.15, 0.2) is 4.52 Å². The minimum absolute atomic E-state index is 0.393. The summed E-state index contributed by atoms with van der Waals surface area (Å²) in [6, 6.07) is 0. The van der Waals surface area contributed by atoms with Crippen LogP contribution in [0, 0.1) is 5.92 Å². The topological polar surface area (TPSA) is 77.2 Å². The summed E-state index contributed by atoms with van der Waals surface area (Å²) >= 11 is 0. The third-order valence-electron chi connectivity index (χ3n) is 4.24. The minimum Gasteiger partial charge on any atom is -0.444 e. The summed E-state index contributed by atoms with van der Waals surface area (Å²) in [5.74, 6) is 2.31. The smallest absolute Gasteiger partial charge is 0.408 e. The molecule has 6 nitrogen and oxygen atoms in total. The molecule has 116 valence electrons. The van der Waals surface area contributed by atoms with Crippen LogP contribution in [0.4, 0.5) is 4.79 Å². The Bertz CT molecular complexity index is 543. The van der Waals surface area contributed by atoms with Crippen molar-refractivity contribution < 1.29 is 14.1 Å². The van der Waals surface area contributed by atoms with Crippen LogP contribution in [0.5, 0.6) is 0 Å². The van der Waals surface area contributed by atoms with Gasteiger partial charge in [0.05, 0.1) is 0 Å². The van der Waals surface area contributed by atoms with Gasteiger partial charge < -0.3 is 14.6 Å². The number of alkyl carbamates (subject to hydrolysis) is 1. The Hall–Kier alpha value is -1.59. The molecule has 0 aliphatic heterocycles. The predicted molar refractivity (Wildman–Crippen MR) is 75.7 cm³/mol. The quantitative estimate of drug-likeness (QED) is 0.926. The summed E-state index contributed by atoms with van der Waals surface area (Å²) in [6.45, 7) is 7.72. The van der Waals surface area contributed by atoms with Crippen molar-refractivity contribution in [2.75, 3.05) is 0 Å². The van der Waals surface area contributed by atoms with E-state index in [1.165, 1.54) is 0 Å². The molecule has 2 aliphatic carbocycles. The minimum atomic E-state index is -0.513. The zero-order valence-electron chi connectivity index (χ0n) is 13.1. The van der Waals surface area contributed by atoms with Gasteiger partial charge in [0.1, 0.15) is 11.1 Å². The van der Waals surface area contributed by atoms with Crippen molar-refractivity contribution in [3.63, 3.8) is 0 Å². The van der Waals surface area contributed by atoms with Gasteiger partial charge in [0, 0.05) is 5.92 Å². The van der Waals surface area contributed by atoms with Crippen molar-refractivity contribution in [1.82, 2.24) is 15.5 Å². The summed E-state index contributed by atoms with van der Waals surface area (Å²) in [5, 5.41) is 7.04. The first kappa shape index (κ1) is 14.4. The van der Waals surface area contributed by atoms with Gasteiger partial charge in [0.25, 0.3) is 0 Å². The first-order valence-corrected chi connectivity index (χ1v) is 7.64. The Morgan fingerprint density at radius 3 is 2.57 bits per heavy atom. The molecule has 3 rings (SSSR count). The van der Waals surface area contributed by atoms with Gasteiger partial charge in [-0.15, -0.1) is 0 Å². The predicted octanol–water partition coefficient (Wildman–Crippen LogP) is 3.10. The Kier molecular flexibility index (Phi) is 3.22. The van der Waals surface area contributed by atoms with Gasteiger partial charge in [-0.05, 0) is 52.4 Å². The van der Waals surface area contributed by atoms with Gasteiger partial charge in [-0.3, -0.25) is 0 Å². The zero-order chi connectivity index (χ0) is 15.3. The Morgan fingerprint density at radius 1 is 1.43 bits per heavy atom. The number of carbonyl (C=O) groups excluding carboxylic acids is 1. The highest BCUT2D eigenvalue weighted by atomic mass is 16.6. The largest absolute Gasteiger partial charge is 0.444 e. The molecular formula is C15H23N3O3. The van der Waals surface area contributed by atoms with Crippen LogP contribution in [0.2, 0.25) is 0 Å². The molecule has 1 N–H and O–H groups in total. The van der Waals surface area contributed by atoms with Crippen molar-refractivity contribution in [3.05, 3.63) is 11.7 Å². The third kappa shape index (κ3) is 2.89. The lowest BCUT2D eigenvalue weighted by Crippen LogP contribution is -2.52. The van der Waals surface area contributed by atoms with Crippen LogP contribution in [-0.4, -0.2) is 21.8 Å². The van der Waals surface area contributed by atoms with E-state index in [0.29, 0.717) is 23.6 Å². The lowest BCUT2D eigenvalue weighted by molar-refractivity contribution is 0.0362. The average Bonchev–Trinajstić information content (AvgIpc) is 2.85. The van der Waals surface area contributed by atoms with Crippen molar-refractivity contribution in [1.29, 1.82) is 0 Å². The molecule has 1 aromatic rings. The summed E-state index contributed by atoms with van der Waals surface area (Å²) in [7, 11) is 0. The fourth-order valence-electron chi connectivity index (χ4n) is 2.68. The molecule has 0 bridgehead atoms. The zero-order valence-corrected chi connectivity index (χ0v) is 13.1. The number of rotatable bonds is 3. The number of hydrogen-bond donors (Lipinski definition) is 1. The van der Waals surface area contributed by atoms with Crippen molar-refractivity contribution in [2.24, 2.45) is 5.92 Å². The monoisotopic (exact) mass is 293 g/mol. The number of nitrogens with zero attached hydrogens (tertiary/aromatic N) is 2. The number of aromatic nitrogens is 2. The Morgan fingerprint density at radius 2 is 2.10 bits per heavy atom. The maximum Gasteiger partial charge on any atom is 0.408 e. The molecule has 2 atom stereocenters. The summed E-state index contributed by atoms with van der Waals surface area (Å²) in [6.07, 6.45) is 3.37. The molecule has 2 aliphatic rings. The molecular weight excluding hydrogens is 270 g/mol. The van der Waals surface area contributed by atoms with E-state index in [0.717, 1.165) is 25.7 Å². The normalized spacial score (nSPS) is 26.9. The van der Waals surface area contributed by atoms with Crippen LogP contribution in [0.1, 0.15) is 71.0 Å². The molecule has 2 saturated carbocycles. The highest BCUT2D eigenvalue weighted by Gasteiger charge is 2.47. The lowest BCUT2D eigenvalue weighted by Gasteiger charge is -2.39. The second-order valence-corrected chi connectivity index (χ2v) is 7.34. The van der Waals surface area contributed by atoms with Crippen LogP contribution < -0.4 is 5.32 Å². The molecule has 1 amide bonds. The van der Waals surface area contributed by atoms with E-state index in [2.05, 4.69) is 22.4 Å². The van der Waals surface area contributed by atoms with Gasteiger partial charge >= 0.3 is 6.09 Å². The summed E-state index contributed by atoms with van der Waals surface area (Å²) < 4.78 is 10.7. The molecule has 2 unspecified atom stereocenters. The summed E-state index contributed by atoms with van der Waals surface area (Å²) in [5.41, 5.74) is -1.02. The van der Waals surface area contributed by atoms with E-state index in [1.807, 2.05) is 20.8 Å². The van der Waals surface area contributed by atoms with Crippen LogP contribution in [0.3, 0.4) is 0 Å². The third-order valence-corrected chi connectivity index (χ3v) is 4.24. The molecule has 1 aromatic heterocycles. The average molecular weight is 293 g/mol. The van der Waals surface area contributed by atoms with Crippen molar-refractivity contribution in [3.8, 4) is 0 Å². The second kappa shape index (κ2) is 4.71. The standard InChI is InChI=1S/C15H23N3O3/c1-9-8-10(9)11-16-12(18-21-11)15(6-5-7-15)17-13(19)20-14(2,3)4/h9-10H,5-8H2,1-4H3,(H,17,19). The van der Waals surface area contributed by atoms with Gasteiger partial charge in [0.2, 0.25) is 5.89 Å². The van der Waals surface area contributed by atoms with E-state index in [1.54, 1.807) is 0 Å². The van der Waals surface area contributed by atoms with Crippen molar-refractivity contribution >= 4 is 6.09 Å². The Labute approximate surface area is 124 Å². The molecule has 21 heavy (non-hydrogen) atoms. The van der Waals surface area contributed by atoms with E-state index in [9.17, 15) is 4.79 Å². The van der Waals surface area contributed by atoms with E-state index < -0.39 is 17.2 Å². The highest BCUT2D eigenvalue weighted by molar-refractivity contribution is 5.69. The lowest BCUT2D eigenvalue weighted by atomic mass is 9.76. The molecule has 0 aromatic carbocycles. The Balaban J connectivity index is 1.71. The molecule has 0 spiro atoms. The SMILES string of the molecule is CC1CC1c1nc(C2(NC(=O)OC(C)(C)C)CCC2)no1. The molecule has 2 fully saturated rings. The maximum atomic E-state index is 12.0. The number of ether oxygens (including phenoxy) is 1. The van der Waals surface area contributed by atoms with Crippen LogP contribution in [0.25, 0.3) is 0 Å². The number of hydrogen-bond acceptors (Lipinski definition) is 5. The fourth-order valence-corrected chi connectivity index (χ4v) is 2.68. The van der Waals surface area contributed by atoms with Crippen LogP contribution >= 0.6 is 0 Å². The highest BCUT2D eigenvalue weighted by Crippen LogP contribution is 2.47. The molecule has 6 heteroatoms. The van der Waals surface area contributed by atoms with Gasteiger partial charge in [-0.1, -0.05) is 12.1 Å². The van der Waals surface area contributed by atoms with E-state index in [-0.39, 0.29) is 0 Å². The van der Waals surface area contributed by atoms with Crippen molar-refractivity contribution in [2.45, 2.75) is 70.4 Å². The molecule has 1 heterocycles. The van der Waals surface area contributed by atoms with E-state index >= 15 is 0 Å². The number of carbonyl (C=O) groups is 1. The molecule has 0 radical (unpaired) electrons. The first-order chi connectivity index (χ1) is 9.79. The van der Waals surface area contributed by atoms with Crippen LogP contribution in [-0.2, 0) is 10.3 Å². The number of nitrogens with one attached hydrogen (secondary N) is 1. The van der Waals surface area contributed by atoms with E-state index in [4.69, 9.17) is 9.26 Å². The summed E-state index contributed by atoms with van der Waals surface area (Å²) in [4.78, 5) is 16.5. The van der Waals surface area contributed by atoms with Gasteiger partial charge in [-0.2, -0.15) is 4.98 Å².